The lowest BCUT2D eigenvalue weighted by Crippen LogP contribution is -2.50. The lowest BCUT2D eigenvalue weighted by molar-refractivity contribution is 0.154. The zero-order valence-corrected chi connectivity index (χ0v) is 18.1. The van der Waals surface area contributed by atoms with Crippen molar-refractivity contribution >= 4 is 15.7 Å². The van der Waals surface area contributed by atoms with Gasteiger partial charge in [0.1, 0.15) is 22.1 Å². The molecule has 2 aromatic rings. The molecule has 1 fully saturated rings. The SMILES string of the molecule is Cc1cc(C)cc(Oc2ccc(N=O)cc2S(=O)(=O)N2CCN(C(C)C)CC2)c1. The summed E-state index contributed by atoms with van der Waals surface area (Å²) in [6, 6.07) is 10.3. The van der Waals surface area contributed by atoms with E-state index < -0.39 is 10.0 Å². The summed E-state index contributed by atoms with van der Waals surface area (Å²) in [5.41, 5.74) is 2.08. The quantitative estimate of drug-likeness (QED) is 0.658. The van der Waals surface area contributed by atoms with Crippen LogP contribution in [-0.4, -0.2) is 49.8 Å². The molecule has 0 amide bonds. The number of nitroso groups, excluding NO2 is 1. The van der Waals surface area contributed by atoms with Crippen LogP contribution in [0.4, 0.5) is 5.69 Å². The van der Waals surface area contributed by atoms with Gasteiger partial charge in [-0.25, -0.2) is 8.42 Å². The van der Waals surface area contributed by atoms with Gasteiger partial charge in [-0.05, 0) is 74.3 Å². The Hall–Kier alpha value is -2.29. The molecule has 156 valence electrons. The highest BCUT2D eigenvalue weighted by Gasteiger charge is 2.32. The molecule has 29 heavy (non-hydrogen) atoms. The number of hydrogen-bond acceptors (Lipinski definition) is 6. The third kappa shape index (κ3) is 4.83. The van der Waals surface area contributed by atoms with Crippen LogP contribution in [0.5, 0.6) is 11.5 Å². The number of aryl methyl sites for hydroxylation is 2. The van der Waals surface area contributed by atoms with Crippen molar-refractivity contribution in [2.24, 2.45) is 5.18 Å². The van der Waals surface area contributed by atoms with Gasteiger partial charge >= 0.3 is 0 Å². The normalized spacial score (nSPS) is 16.2. The maximum atomic E-state index is 13.4. The van der Waals surface area contributed by atoms with Gasteiger partial charge in [-0.3, -0.25) is 4.90 Å². The van der Waals surface area contributed by atoms with E-state index in [0.717, 1.165) is 11.1 Å². The predicted molar refractivity (Wildman–Crippen MR) is 113 cm³/mol. The molecule has 0 atom stereocenters. The summed E-state index contributed by atoms with van der Waals surface area (Å²) in [6.07, 6.45) is 0. The Bertz CT molecular complexity index is 977. The van der Waals surface area contributed by atoms with E-state index in [-0.39, 0.29) is 16.3 Å². The zero-order valence-electron chi connectivity index (χ0n) is 17.3. The van der Waals surface area contributed by atoms with Crippen molar-refractivity contribution in [1.82, 2.24) is 9.21 Å². The number of benzene rings is 2. The van der Waals surface area contributed by atoms with E-state index in [0.29, 0.717) is 38.0 Å². The van der Waals surface area contributed by atoms with Gasteiger partial charge < -0.3 is 4.74 Å². The van der Waals surface area contributed by atoms with Crippen LogP contribution in [0.3, 0.4) is 0 Å². The maximum absolute atomic E-state index is 13.4. The number of piperazine rings is 1. The first-order chi connectivity index (χ1) is 13.7. The van der Waals surface area contributed by atoms with E-state index in [2.05, 4.69) is 23.9 Å². The first kappa shape index (κ1) is 21.4. The molecule has 0 radical (unpaired) electrons. The minimum atomic E-state index is -3.83. The predicted octanol–water partition coefficient (Wildman–Crippen LogP) is 4.21. The van der Waals surface area contributed by atoms with Crippen LogP contribution >= 0.6 is 0 Å². The first-order valence-electron chi connectivity index (χ1n) is 9.68. The van der Waals surface area contributed by atoms with Crippen molar-refractivity contribution in [1.29, 1.82) is 0 Å². The van der Waals surface area contributed by atoms with Gasteiger partial charge in [0.2, 0.25) is 10.0 Å². The molecular formula is C21H27N3O4S. The van der Waals surface area contributed by atoms with Gasteiger partial charge in [0, 0.05) is 32.2 Å². The highest BCUT2D eigenvalue weighted by atomic mass is 32.2. The van der Waals surface area contributed by atoms with Crippen molar-refractivity contribution < 1.29 is 13.2 Å². The molecule has 0 aliphatic carbocycles. The summed E-state index contributed by atoms with van der Waals surface area (Å²) < 4.78 is 34.1. The molecule has 1 saturated heterocycles. The van der Waals surface area contributed by atoms with Gasteiger partial charge in [0.25, 0.3) is 0 Å². The van der Waals surface area contributed by atoms with Crippen LogP contribution < -0.4 is 4.74 Å². The van der Waals surface area contributed by atoms with Crippen molar-refractivity contribution in [3.63, 3.8) is 0 Å². The van der Waals surface area contributed by atoms with Crippen LogP contribution in [0.15, 0.2) is 46.5 Å². The number of ether oxygens (including phenoxy) is 1. The lowest BCUT2D eigenvalue weighted by atomic mass is 10.1. The summed E-state index contributed by atoms with van der Waals surface area (Å²) in [5, 5.41) is 2.90. The zero-order chi connectivity index (χ0) is 21.2. The fourth-order valence-electron chi connectivity index (χ4n) is 3.56. The number of nitrogens with zero attached hydrogens (tertiary/aromatic N) is 3. The maximum Gasteiger partial charge on any atom is 0.246 e. The Morgan fingerprint density at radius 2 is 1.59 bits per heavy atom. The molecule has 0 spiro atoms. The third-order valence-electron chi connectivity index (χ3n) is 5.08. The van der Waals surface area contributed by atoms with Gasteiger partial charge in [0.05, 0.1) is 0 Å². The fraction of sp³-hybridized carbons (Fsp3) is 0.429. The average molecular weight is 418 g/mol. The molecule has 1 heterocycles. The summed E-state index contributed by atoms with van der Waals surface area (Å²) in [5.74, 6) is 0.740. The van der Waals surface area contributed by atoms with E-state index in [1.807, 2.05) is 32.0 Å². The monoisotopic (exact) mass is 417 g/mol. The van der Waals surface area contributed by atoms with E-state index in [1.54, 1.807) is 0 Å². The van der Waals surface area contributed by atoms with Crippen LogP contribution in [-0.2, 0) is 10.0 Å². The minimum absolute atomic E-state index is 0.0354. The molecule has 0 saturated carbocycles. The highest BCUT2D eigenvalue weighted by molar-refractivity contribution is 7.89. The fourth-order valence-corrected chi connectivity index (χ4v) is 5.11. The molecule has 0 aromatic heterocycles. The third-order valence-corrected chi connectivity index (χ3v) is 7.00. The summed E-state index contributed by atoms with van der Waals surface area (Å²) in [4.78, 5) is 13.2. The van der Waals surface area contributed by atoms with Gasteiger partial charge in [-0.15, -0.1) is 4.91 Å². The molecule has 1 aliphatic rings. The summed E-state index contributed by atoms with van der Waals surface area (Å²) in [7, 11) is -3.83. The van der Waals surface area contributed by atoms with Crippen molar-refractivity contribution in [2.45, 2.75) is 38.6 Å². The van der Waals surface area contributed by atoms with Crippen LogP contribution in [0, 0.1) is 18.8 Å². The molecule has 0 N–H and O–H groups in total. The Labute approximate surface area is 172 Å². The van der Waals surface area contributed by atoms with E-state index in [1.165, 1.54) is 22.5 Å². The molecule has 0 bridgehead atoms. The standard InChI is InChI=1S/C21H27N3O4S/c1-15(2)23-7-9-24(10-8-23)29(26,27)21-14-18(22-25)5-6-20(21)28-19-12-16(3)11-17(4)13-19/h5-6,11-15H,7-10H2,1-4H3. The number of rotatable bonds is 6. The summed E-state index contributed by atoms with van der Waals surface area (Å²) >= 11 is 0. The molecule has 7 nitrogen and oxygen atoms in total. The average Bonchev–Trinajstić information content (AvgIpc) is 2.67. The van der Waals surface area contributed by atoms with Crippen LogP contribution in [0.25, 0.3) is 0 Å². The lowest BCUT2D eigenvalue weighted by Gasteiger charge is -2.36. The largest absolute Gasteiger partial charge is 0.456 e. The Morgan fingerprint density at radius 1 is 0.966 bits per heavy atom. The topological polar surface area (TPSA) is 79.3 Å². The second-order valence-corrected chi connectivity index (χ2v) is 9.59. The number of sulfonamides is 1. The molecular weight excluding hydrogens is 390 g/mol. The van der Waals surface area contributed by atoms with Crippen LogP contribution in [0.2, 0.25) is 0 Å². The Morgan fingerprint density at radius 3 is 2.14 bits per heavy atom. The second kappa shape index (κ2) is 8.61. The second-order valence-electron chi connectivity index (χ2n) is 7.68. The molecule has 0 unspecified atom stereocenters. The van der Waals surface area contributed by atoms with E-state index in [4.69, 9.17) is 4.74 Å². The molecule has 2 aromatic carbocycles. The van der Waals surface area contributed by atoms with Gasteiger partial charge in [0.15, 0.2) is 0 Å². The Kier molecular flexibility index (Phi) is 6.36. The van der Waals surface area contributed by atoms with E-state index >= 15 is 0 Å². The van der Waals surface area contributed by atoms with Crippen molar-refractivity contribution in [3.8, 4) is 11.5 Å². The smallest absolute Gasteiger partial charge is 0.246 e. The van der Waals surface area contributed by atoms with E-state index in [9.17, 15) is 13.3 Å². The first-order valence-corrected chi connectivity index (χ1v) is 11.1. The van der Waals surface area contributed by atoms with Crippen LogP contribution in [0.1, 0.15) is 25.0 Å². The minimum Gasteiger partial charge on any atom is -0.456 e. The molecule has 8 heteroatoms. The van der Waals surface area contributed by atoms with Gasteiger partial charge in [-0.1, -0.05) is 6.07 Å². The Balaban J connectivity index is 1.95. The van der Waals surface area contributed by atoms with Crippen molar-refractivity contribution in [2.75, 3.05) is 26.2 Å². The molecule has 3 rings (SSSR count). The highest BCUT2D eigenvalue weighted by Crippen LogP contribution is 2.35. The van der Waals surface area contributed by atoms with Gasteiger partial charge in [-0.2, -0.15) is 4.31 Å². The molecule has 1 aliphatic heterocycles. The van der Waals surface area contributed by atoms with Crippen molar-refractivity contribution in [3.05, 3.63) is 52.4 Å². The summed E-state index contributed by atoms with van der Waals surface area (Å²) in [6.45, 7) is 10.2. The number of hydrogen-bond donors (Lipinski definition) is 0.